The van der Waals surface area contributed by atoms with Crippen LogP contribution in [-0.4, -0.2) is 88.5 Å². The normalized spacial score (nSPS) is 23.9. The molecule has 3 heterocycles. The molecule has 2 fully saturated rings. The van der Waals surface area contributed by atoms with E-state index in [0.717, 1.165) is 37.8 Å². The molecule has 3 aromatic rings. The Balaban J connectivity index is 1.34. The van der Waals surface area contributed by atoms with Crippen molar-refractivity contribution in [3.63, 3.8) is 0 Å². The molecule has 13 nitrogen and oxygen atoms in total. The number of aromatic nitrogens is 4. The van der Waals surface area contributed by atoms with Crippen molar-refractivity contribution in [3.05, 3.63) is 53.9 Å². The highest BCUT2D eigenvalue weighted by Gasteiger charge is 2.51. The van der Waals surface area contributed by atoms with E-state index < -0.39 is 60.8 Å². The van der Waals surface area contributed by atoms with E-state index >= 15 is 0 Å². The van der Waals surface area contributed by atoms with Gasteiger partial charge in [-0.05, 0) is 30.5 Å². The zero-order valence-corrected chi connectivity index (χ0v) is 20.7. The molecule has 0 spiro atoms. The van der Waals surface area contributed by atoms with Gasteiger partial charge < -0.3 is 35.2 Å². The predicted molar refractivity (Wildman–Crippen MR) is 130 cm³/mol. The average Bonchev–Trinajstić information content (AvgIpc) is 3.64. The number of nitrogens with one attached hydrogen (secondary N) is 1. The Morgan fingerprint density at radius 1 is 1.10 bits per heavy atom. The number of rotatable bonds is 10. The summed E-state index contributed by atoms with van der Waals surface area (Å²) < 4.78 is 25.9. The van der Waals surface area contributed by atoms with Crippen LogP contribution in [0.25, 0.3) is 5.65 Å². The topological polar surface area (TPSA) is 189 Å². The fraction of sp³-hybridized carbons (Fsp3) is 0.480. The number of halogens is 1. The van der Waals surface area contributed by atoms with Gasteiger partial charge in [0.25, 0.3) is 5.60 Å². The van der Waals surface area contributed by atoms with Gasteiger partial charge in [-0.2, -0.15) is 5.10 Å². The number of fused-ring (bicyclic) bond motifs is 1. The molecule has 5 rings (SSSR count). The molecule has 1 aliphatic heterocycles. The Labute approximate surface area is 221 Å². The summed E-state index contributed by atoms with van der Waals surface area (Å²) in [5.41, 5.74) is -1.83. The fourth-order valence-corrected chi connectivity index (χ4v) is 5.06. The van der Waals surface area contributed by atoms with Gasteiger partial charge in [-0.3, -0.25) is 0 Å². The predicted octanol–water partition coefficient (Wildman–Crippen LogP) is 0.947. The number of anilines is 1. The lowest BCUT2D eigenvalue weighted by Gasteiger charge is -2.27. The van der Waals surface area contributed by atoms with Crippen molar-refractivity contribution in [2.24, 2.45) is 0 Å². The molecule has 39 heavy (non-hydrogen) atoms. The first-order valence-corrected chi connectivity index (χ1v) is 12.5. The minimum absolute atomic E-state index is 0.208. The maximum Gasteiger partial charge on any atom is 0.348 e. The van der Waals surface area contributed by atoms with Crippen LogP contribution in [0.5, 0.6) is 0 Å². The van der Waals surface area contributed by atoms with Crippen LogP contribution in [0.2, 0.25) is 0 Å². The van der Waals surface area contributed by atoms with Crippen LogP contribution in [0.1, 0.15) is 43.0 Å². The summed E-state index contributed by atoms with van der Waals surface area (Å²) in [4.78, 5) is 32.8. The van der Waals surface area contributed by atoms with Crippen molar-refractivity contribution >= 4 is 23.4 Å². The van der Waals surface area contributed by atoms with Crippen molar-refractivity contribution in [3.8, 4) is 0 Å². The number of ether oxygens (including phenoxy) is 2. The largest absolute Gasteiger partial charge is 0.479 e. The second kappa shape index (κ2) is 10.8. The van der Waals surface area contributed by atoms with Gasteiger partial charge >= 0.3 is 11.9 Å². The summed E-state index contributed by atoms with van der Waals surface area (Å²) >= 11 is 0. The van der Waals surface area contributed by atoms with Crippen LogP contribution in [0.15, 0.2) is 36.8 Å². The van der Waals surface area contributed by atoms with Crippen LogP contribution in [0.3, 0.4) is 0 Å². The number of imidazole rings is 1. The molecule has 1 saturated carbocycles. The van der Waals surface area contributed by atoms with E-state index in [-0.39, 0.29) is 11.6 Å². The van der Waals surface area contributed by atoms with Crippen molar-refractivity contribution in [2.75, 3.05) is 11.9 Å². The van der Waals surface area contributed by atoms with Crippen LogP contribution >= 0.6 is 0 Å². The Hall–Kier alpha value is -3.72. The molecule has 1 aromatic carbocycles. The van der Waals surface area contributed by atoms with Crippen molar-refractivity contribution in [1.82, 2.24) is 19.6 Å². The minimum atomic E-state index is -2.75. The van der Waals surface area contributed by atoms with E-state index in [2.05, 4.69) is 20.4 Å². The molecule has 4 atom stereocenters. The Morgan fingerprint density at radius 3 is 2.46 bits per heavy atom. The average molecular weight is 546 g/mol. The van der Waals surface area contributed by atoms with E-state index in [1.54, 1.807) is 0 Å². The first-order valence-electron chi connectivity index (χ1n) is 12.5. The number of hydrogen-bond donors (Lipinski definition) is 5. The zero-order chi connectivity index (χ0) is 27.7. The SMILES string of the molecule is O=C(O)C(Cc1ccc(F)cc1)(OC[C@H]1O[C@@H](c2cnc3c(NC4CCCC4)ncnn23)[C@H](O)[C@@H]1O)C(=O)O. The Bertz CT molecular complexity index is 1330. The number of carboxylic acids is 2. The van der Waals surface area contributed by atoms with Gasteiger partial charge in [0.2, 0.25) is 0 Å². The van der Waals surface area contributed by atoms with Crippen LogP contribution in [-0.2, 0) is 25.5 Å². The smallest absolute Gasteiger partial charge is 0.348 e. The van der Waals surface area contributed by atoms with Crippen LogP contribution in [0, 0.1) is 5.82 Å². The standard InChI is InChI=1S/C25H28FN5O8/c26-14-7-5-13(6-8-14)9-25(23(34)35,24(36)37)38-11-17-18(32)19(33)20(39-17)16-10-27-22-21(28-12-29-31(16)22)30-15-3-1-2-4-15/h5-8,10,12,15,17-20,32-33H,1-4,9,11H2,(H,34,35)(H,36,37)(H,28,29,30)/t17-,18-,19-,20+/m1/s1. The van der Waals surface area contributed by atoms with E-state index in [9.17, 15) is 34.4 Å². The summed E-state index contributed by atoms with van der Waals surface area (Å²) in [7, 11) is 0. The molecule has 0 amide bonds. The van der Waals surface area contributed by atoms with E-state index in [1.807, 2.05) is 0 Å². The summed E-state index contributed by atoms with van der Waals surface area (Å²) in [6, 6.07) is 4.91. The fourth-order valence-electron chi connectivity index (χ4n) is 5.06. The quantitative estimate of drug-likeness (QED) is 0.227. The lowest BCUT2D eigenvalue weighted by Crippen LogP contribution is -2.52. The third kappa shape index (κ3) is 5.15. The summed E-state index contributed by atoms with van der Waals surface area (Å²) in [6.45, 7) is -0.672. The highest BCUT2D eigenvalue weighted by atomic mass is 19.1. The lowest BCUT2D eigenvalue weighted by atomic mass is 9.94. The zero-order valence-electron chi connectivity index (χ0n) is 20.7. The number of carboxylic acid groups (broad SMARTS) is 2. The number of aliphatic hydroxyl groups is 2. The molecular formula is C25H28FN5O8. The van der Waals surface area contributed by atoms with Gasteiger partial charge in [-0.25, -0.2) is 28.5 Å². The molecule has 1 aliphatic carbocycles. The molecule has 5 N–H and O–H groups in total. The number of hydrogen-bond acceptors (Lipinski definition) is 10. The van der Waals surface area contributed by atoms with Crippen molar-refractivity contribution < 1.29 is 43.9 Å². The number of aliphatic hydroxyl groups excluding tert-OH is 2. The van der Waals surface area contributed by atoms with Gasteiger partial charge in [-0.1, -0.05) is 25.0 Å². The minimum Gasteiger partial charge on any atom is -0.479 e. The number of nitrogens with zero attached hydrogens (tertiary/aromatic N) is 4. The van der Waals surface area contributed by atoms with E-state index in [4.69, 9.17) is 9.47 Å². The second-order valence-electron chi connectivity index (χ2n) is 9.78. The van der Waals surface area contributed by atoms with Gasteiger partial charge in [0.15, 0.2) is 11.5 Å². The maximum atomic E-state index is 13.3. The molecule has 0 bridgehead atoms. The molecular weight excluding hydrogens is 517 g/mol. The number of aliphatic carboxylic acids is 2. The molecule has 0 unspecified atom stereocenters. The van der Waals surface area contributed by atoms with Crippen LogP contribution in [0.4, 0.5) is 10.2 Å². The molecule has 2 aliphatic rings. The van der Waals surface area contributed by atoms with E-state index in [1.165, 1.54) is 29.2 Å². The maximum absolute atomic E-state index is 13.3. The highest BCUT2D eigenvalue weighted by Crippen LogP contribution is 2.35. The molecule has 1 saturated heterocycles. The van der Waals surface area contributed by atoms with Gasteiger partial charge in [0.1, 0.15) is 36.6 Å². The summed E-state index contributed by atoms with van der Waals surface area (Å²) in [6.07, 6.45) is 0.999. The van der Waals surface area contributed by atoms with Gasteiger partial charge in [0.05, 0.1) is 18.5 Å². The Morgan fingerprint density at radius 2 is 1.79 bits per heavy atom. The third-order valence-corrected chi connectivity index (χ3v) is 7.23. The highest BCUT2D eigenvalue weighted by molar-refractivity contribution is 6.02. The monoisotopic (exact) mass is 545 g/mol. The van der Waals surface area contributed by atoms with Gasteiger partial charge in [0, 0.05) is 12.5 Å². The van der Waals surface area contributed by atoms with Crippen molar-refractivity contribution in [1.29, 1.82) is 0 Å². The molecule has 2 aromatic heterocycles. The number of benzene rings is 1. The molecule has 0 radical (unpaired) electrons. The van der Waals surface area contributed by atoms with Gasteiger partial charge in [-0.15, -0.1) is 0 Å². The summed E-state index contributed by atoms with van der Waals surface area (Å²) in [5.74, 6) is -3.63. The third-order valence-electron chi connectivity index (χ3n) is 7.23. The first kappa shape index (κ1) is 26.9. The molecule has 14 heteroatoms. The lowest BCUT2D eigenvalue weighted by molar-refractivity contribution is -0.189. The summed E-state index contributed by atoms with van der Waals surface area (Å²) in [5, 5.41) is 48.6. The Kier molecular flexibility index (Phi) is 7.44. The second-order valence-corrected chi connectivity index (χ2v) is 9.78. The van der Waals surface area contributed by atoms with E-state index in [0.29, 0.717) is 17.2 Å². The molecule has 208 valence electrons. The number of carbonyl (C=O) groups is 2. The first-order chi connectivity index (χ1) is 18.7. The van der Waals surface area contributed by atoms with Crippen LogP contribution < -0.4 is 5.32 Å². The van der Waals surface area contributed by atoms with Crippen molar-refractivity contribution in [2.45, 2.75) is 68.2 Å².